The van der Waals surface area contributed by atoms with E-state index in [1.165, 1.54) is 0 Å². The normalized spacial score (nSPS) is 11.0. The molecule has 0 spiro atoms. The van der Waals surface area contributed by atoms with Gasteiger partial charge in [0.05, 0.1) is 11.9 Å². The summed E-state index contributed by atoms with van der Waals surface area (Å²) in [6.45, 7) is 3.86. The Balaban J connectivity index is 2.07. The van der Waals surface area contributed by atoms with E-state index in [4.69, 9.17) is 0 Å². The van der Waals surface area contributed by atoms with Crippen molar-refractivity contribution in [2.24, 2.45) is 12.1 Å². The summed E-state index contributed by atoms with van der Waals surface area (Å²) in [5.41, 5.74) is 5.69. The first-order valence-electron chi connectivity index (χ1n) is 5.38. The SMILES string of the molecule is Cc1cc(C)nc(N/N=C/c2cccn2C)n1. The summed E-state index contributed by atoms with van der Waals surface area (Å²) in [7, 11) is 1.97. The van der Waals surface area contributed by atoms with Gasteiger partial charge < -0.3 is 4.57 Å². The van der Waals surface area contributed by atoms with E-state index in [-0.39, 0.29) is 0 Å². The van der Waals surface area contributed by atoms with Gasteiger partial charge in [-0.3, -0.25) is 0 Å². The van der Waals surface area contributed by atoms with E-state index >= 15 is 0 Å². The van der Waals surface area contributed by atoms with Gasteiger partial charge in [-0.1, -0.05) is 0 Å². The van der Waals surface area contributed by atoms with Gasteiger partial charge in [-0.25, -0.2) is 15.4 Å². The maximum Gasteiger partial charge on any atom is 0.243 e. The maximum absolute atomic E-state index is 4.23. The molecule has 0 saturated carbocycles. The van der Waals surface area contributed by atoms with Crippen molar-refractivity contribution in [1.29, 1.82) is 0 Å². The minimum absolute atomic E-state index is 0.521. The zero-order chi connectivity index (χ0) is 12.3. The number of nitrogens with zero attached hydrogens (tertiary/aromatic N) is 4. The molecule has 0 atom stereocenters. The van der Waals surface area contributed by atoms with Gasteiger partial charge in [-0.05, 0) is 32.0 Å². The van der Waals surface area contributed by atoms with E-state index in [1.54, 1.807) is 6.21 Å². The Morgan fingerprint density at radius 2 is 2.00 bits per heavy atom. The highest BCUT2D eigenvalue weighted by Crippen LogP contribution is 2.03. The second-order valence-electron chi connectivity index (χ2n) is 3.89. The molecule has 88 valence electrons. The smallest absolute Gasteiger partial charge is 0.243 e. The van der Waals surface area contributed by atoms with Crippen molar-refractivity contribution in [2.75, 3.05) is 5.43 Å². The molecule has 0 amide bonds. The molecule has 2 aromatic heterocycles. The number of anilines is 1. The maximum atomic E-state index is 4.23. The van der Waals surface area contributed by atoms with Crippen molar-refractivity contribution in [3.05, 3.63) is 41.5 Å². The number of nitrogens with one attached hydrogen (secondary N) is 1. The molecule has 0 fully saturated rings. The molecule has 0 aliphatic carbocycles. The minimum atomic E-state index is 0.521. The molecule has 0 radical (unpaired) electrons. The van der Waals surface area contributed by atoms with E-state index in [0.29, 0.717) is 5.95 Å². The lowest BCUT2D eigenvalue weighted by atomic mass is 10.4. The van der Waals surface area contributed by atoms with Gasteiger partial charge in [0, 0.05) is 24.6 Å². The Hall–Kier alpha value is -2.17. The third kappa shape index (κ3) is 2.90. The van der Waals surface area contributed by atoms with Crippen LogP contribution in [-0.2, 0) is 7.05 Å². The first kappa shape index (κ1) is 11.3. The fourth-order valence-electron chi connectivity index (χ4n) is 1.54. The average Bonchev–Trinajstić information content (AvgIpc) is 2.63. The van der Waals surface area contributed by atoms with Crippen LogP contribution in [0.25, 0.3) is 0 Å². The number of rotatable bonds is 3. The van der Waals surface area contributed by atoms with E-state index in [1.807, 2.05) is 49.9 Å². The molecule has 0 aromatic carbocycles. The van der Waals surface area contributed by atoms with Crippen LogP contribution in [0.15, 0.2) is 29.5 Å². The fraction of sp³-hybridized carbons (Fsp3) is 0.250. The molecule has 2 aromatic rings. The van der Waals surface area contributed by atoms with Crippen LogP contribution in [-0.4, -0.2) is 20.7 Å². The summed E-state index contributed by atoms with van der Waals surface area (Å²) < 4.78 is 1.98. The standard InChI is InChI=1S/C12H15N5/c1-9-7-10(2)15-12(14-9)16-13-8-11-5-4-6-17(11)3/h4-8H,1-3H3,(H,14,15,16)/b13-8+. The van der Waals surface area contributed by atoms with Gasteiger partial charge in [0.2, 0.25) is 5.95 Å². The molecular weight excluding hydrogens is 214 g/mol. The first-order chi connectivity index (χ1) is 8.15. The lowest BCUT2D eigenvalue weighted by Gasteiger charge is -2.01. The van der Waals surface area contributed by atoms with Crippen LogP contribution in [0.5, 0.6) is 0 Å². The molecule has 2 rings (SSSR count). The third-order valence-electron chi connectivity index (χ3n) is 2.33. The third-order valence-corrected chi connectivity index (χ3v) is 2.33. The van der Waals surface area contributed by atoms with Gasteiger partial charge in [0.1, 0.15) is 0 Å². The molecule has 0 aliphatic heterocycles. The summed E-state index contributed by atoms with van der Waals surface area (Å²) in [5.74, 6) is 0.521. The number of aromatic nitrogens is 3. The van der Waals surface area contributed by atoms with Crippen molar-refractivity contribution in [3.8, 4) is 0 Å². The van der Waals surface area contributed by atoms with E-state index < -0.39 is 0 Å². The fourth-order valence-corrected chi connectivity index (χ4v) is 1.54. The Kier molecular flexibility index (Phi) is 3.18. The molecule has 17 heavy (non-hydrogen) atoms. The largest absolute Gasteiger partial charge is 0.350 e. The van der Waals surface area contributed by atoms with Crippen LogP contribution in [0.4, 0.5) is 5.95 Å². The molecule has 0 aliphatic rings. The Bertz CT molecular complexity index is 521. The van der Waals surface area contributed by atoms with Gasteiger partial charge in [-0.2, -0.15) is 5.10 Å². The molecule has 1 N–H and O–H groups in total. The summed E-state index contributed by atoms with van der Waals surface area (Å²) in [6.07, 6.45) is 3.70. The Morgan fingerprint density at radius 1 is 1.29 bits per heavy atom. The highest BCUT2D eigenvalue weighted by molar-refractivity contribution is 5.77. The highest BCUT2D eigenvalue weighted by atomic mass is 15.3. The number of hydrazone groups is 1. The summed E-state index contributed by atoms with van der Waals surface area (Å²) in [5, 5.41) is 4.11. The van der Waals surface area contributed by atoms with E-state index in [9.17, 15) is 0 Å². The minimum Gasteiger partial charge on any atom is -0.350 e. The number of aryl methyl sites for hydroxylation is 3. The lowest BCUT2D eigenvalue weighted by molar-refractivity contribution is 0.917. The topological polar surface area (TPSA) is 55.1 Å². The number of hydrogen-bond acceptors (Lipinski definition) is 4. The average molecular weight is 229 g/mol. The predicted octanol–water partition coefficient (Wildman–Crippen LogP) is 1.88. The summed E-state index contributed by atoms with van der Waals surface area (Å²) >= 11 is 0. The lowest BCUT2D eigenvalue weighted by Crippen LogP contribution is -2.01. The summed E-state index contributed by atoms with van der Waals surface area (Å²) in [4.78, 5) is 8.47. The van der Waals surface area contributed by atoms with Crippen LogP contribution in [0.1, 0.15) is 17.1 Å². The first-order valence-corrected chi connectivity index (χ1v) is 5.38. The Morgan fingerprint density at radius 3 is 2.59 bits per heavy atom. The molecule has 0 unspecified atom stereocenters. The van der Waals surface area contributed by atoms with Gasteiger partial charge in [-0.15, -0.1) is 0 Å². The predicted molar refractivity (Wildman–Crippen MR) is 68.1 cm³/mol. The van der Waals surface area contributed by atoms with E-state index in [2.05, 4.69) is 20.5 Å². The van der Waals surface area contributed by atoms with Crippen LogP contribution in [0.3, 0.4) is 0 Å². The molecular formula is C12H15N5. The van der Waals surface area contributed by atoms with Crippen molar-refractivity contribution >= 4 is 12.2 Å². The molecule has 5 heteroatoms. The van der Waals surface area contributed by atoms with Crippen molar-refractivity contribution < 1.29 is 0 Å². The zero-order valence-corrected chi connectivity index (χ0v) is 10.2. The van der Waals surface area contributed by atoms with Crippen molar-refractivity contribution in [2.45, 2.75) is 13.8 Å². The molecule has 0 bridgehead atoms. The van der Waals surface area contributed by atoms with Crippen molar-refractivity contribution in [3.63, 3.8) is 0 Å². The second kappa shape index (κ2) is 4.78. The quantitative estimate of drug-likeness (QED) is 0.645. The van der Waals surface area contributed by atoms with Gasteiger partial charge >= 0.3 is 0 Å². The van der Waals surface area contributed by atoms with E-state index in [0.717, 1.165) is 17.1 Å². The molecule has 5 nitrogen and oxygen atoms in total. The molecule has 2 heterocycles. The molecule has 0 saturated heterocycles. The van der Waals surface area contributed by atoms with Crippen LogP contribution in [0, 0.1) is 13.8 Å². The Labute approximate surface area is 100 Å². The van der Waals surface area contributed by atoms with Crippen LogP contribution in [0.2, 0.25) is 0 Å². The van der Waals surface area contributed by atoms with Crippen LogP contribution >= 0.6 is 0 Å². The van der Waals surface area contributed by atoms with Crippen molar-refractivity contribution in [1.82, 2.24) is 14.5 Å². The second-order valence-corrected chi connectivity index (χ2v) is 3.89. The highest BCUT2D eigenvalue weighted by Gasteiger charge is 1.97. The van der Waals surface area contributed by atoms with Crippen LogP contribution < -0.4 is 5.43 Å². The monoisotopic (exact) mass is 229 g/mol. The van der Waals surface area contributed by atoms with Gasteiger partial charge in [0.15, 0.2) is 0 Å². The summed E-state index contributed by atoms with van der Waals surface area (Å²) in [6, 6.07) is 5.87. The zero-order valence-electron chi connectivity index (χ0n) is 10.2. The number of hydrogen-bond donors (Lipinski definition) is 1. The van der Waals surface area contributed by atoms with Gasteiger partial charge in [0.25, 0.3) is 0 Å².